The summed E-state index contributed by atoms with van der Waals surface area (Å²) in [7, 11) is 0. The number of rotatable bonds is 6. The van der Waals surface area contributed by atoms with Crippen LogP contribution in [0.3, 0.4) is 0 Å². The maximum Gasteiger partial charge on any atom is 0.0640 e. The fourth-order valence-corrected chi connectivity index (χ4v) is 11.9. The third-order valence-corrected chi connectivity index (χ3v) is 14.3. The molecule has 4 heteroatoms. The standard InChI is InChI=1S/C52H34N2S2/c1-3-13-35(14-4-1)53(45-21-11-19-39-37-17-7-9-23-47(37)55-51(39)45)43-31-27-33-26-30-42-44(32-28-34-25-29-41(43)49(33)50(34)42)54(36-15-5-2-6-16-36)46-22-12-20-40-38-18-8-10-24-48(38)56-52(40)46/h1-32,37,47H. The summed E-state index contributed by atoms with van der Waals surface area (Å²) in [5.74, 6) is 0.392. The van der Waals surface area contributed by atoms with Crippen LogP contribution < -0.4 is 9.80 Å². The Labute approximate surface area is 333 Å². The Morgan fingerprint density at radius 2 is 0.982 bits per heavy atom. The molecule has 2 nitrogen and oxygen atoms in total. The van der Waals surface area contributed by atoms with Crippen LogP contribution in [0.2, 0.25) is 0 Å². The normalized spacial score (nSPS) is 16.0. The number of allylic oxidation sites excluding steroid dienone is 3. The molecule has 0 saturated carbocycles. The Bertz CT molecular complexity index is 3200. The van der Waals surface area contributed by atoms with E-state index in [0.29, 0.717) is 11.2 Å². The van der Waals surface area contributed by atoms with E-state index in [2.05, 4.69) is 204 Å². The van der Waals surface area contributed by atoms with Gasteiger partial charge in [0, 0.05) is 53.7 Å². The summed E-state index contributed by atoms with van der Waals surface area (Å²) in [5.41, 5.74) is 8.51. The minimum absolute atomic E-state index is 0.392. The molecule has 10 aromatic rings. The lowest BCUT2D eigenvalue weighted by molar-refractivity contribution is 0.880. The Balaban J connectivity index is 1.11. The van der Waals surface area contributed by atoms with Crippen molar-refractivity contribution in [3.8, 4) is 0 Å². The van der Waals surface area contributed by atoms with Gasteiger partial charge in [0.15, 0.2) is 0 Å². The van der Waals surface area contributed by atoms with Crippen molar-refractivity contribution in [3.05, 3.63) is 200 Å². The van der Waals surface area contributed by atoms with Gasteiger partial charge in [0.25, 0.3) is 0 Å². The van der Waals surface area contributed by atoms with Gasteiger partial charge in [0.1, 0.15) is 0 Å². The zero-order chi connectivity index (χ0) is 36.7. The molecule has 1 aliphatic heterocycles. The van der Waals surface area contributed by atoms with Crippen molar-refractivity contribution in [2.24, 2.45) is 0 Å². The van der Waals surface area contributed by atoms with E-state index in [4.69, 9.17) is 0 Å². The van der Waals surface area contributed by atoms with Gasteiger partial charge in [-0.2, -0.15) is 0 Å². The summed E-state index contributed by atoms with van der Waals surface area (Å²) in [4.78, 5) is 6.35. The summed E-state index contributed by atoms with van der Waals surface area (Å²) in [6.07, 6.45) is 9.13. The van der Waals surface area contributed by atoms with E-state index < -0.39 is 0 Å². The maximum atomic E-state index is 2.50. The first-order valence-electron chi connectivity index (χ1n) is 19.3. The first-order chi connectivity index (χ1) is 27.8. The van der Waals surface area contributed by atoms with E-state index in [1.54, 1.807) is 0 Å². The quantitative estimate of drug-likeness (QED) is 0.156. The lowest BCUT2D eigenvalue weighted by Crippen LogP contribution is -2.12. The highest BCUT2D eigenvalue weighted by Crippen LogP contribution is 2.55. The van der Waals surface area contributed by atoms with Gasteiger partial charge in [-0.3, -0.25) is 0 Å². The van der Waals surface area contributed by atoms with Crippen molar-refractivity contribution in [3.63, 3.8) is 0 Å². The Morgan fingerprint density at radius 3 is 1.70 bits per heavy atom. The monoisotopic (exact) mass is 750 g/mol. The third kappa shape index (κ3) is 4.76. The third-order valence-electron chi connectivity index (χ3n) is 11.7. The number of fused-ring (bicyclic) bond motifs is 6. The molecule has 264 valence electrons. The van der Waals surface area contributed by atoms with Crippen LogP contribution in [0.4, 0.5) is 34.1 Å². The molecule has 1 aliphatic carbocycles. The molecule has 2 unspecified atom stereocenters. The minimum Gasteiger partial charge on any atom is -0.309 e. The number of para-hydroxylation sites is 2. The highest BCUT2D eigenvalue weighted by Gasteiger charge is 2.34. The van der Waals surface area contributed by atoms with Gasteiger partial charge >= 0.3 is 0 Å². The number of anilines is 6. The van der Waals surface area contributed by atoms with Crippen molar-refractivity contribution >= 4 is 110 Å². The van der Waals surface area contributed by atoms with Crippen LogP contribution in [0.15, 0.2) is 199 Å². The molecule has 2 atom stereocenters. The molecule has 0 amide bonds. The minimum atomic E-state index is 0.392. The average Bonchev–Trinajstić information content (AvgIpc) is 3.84. The molecular weight excluding hydrogens is 717 g/mol. The van der Waals surface area contributed by atoms with Crippen LogP contribution in [-0.4, -0.2) is 5.25 Å². The summed E-state index contributed by atoms with van der Waals surface area (Å²) in [6.45, 7) is 0. The predicted molar refractivity (Wildman–Crippen MR) is 243 cm³/mol. The molecular formula is C52H34N2S2. The molecule has 0 spiro atoms. The number of thiophene rings is 1. The number of nitrogens with zero attached hydrogens (tertiary/aromatic N) is 2. The van der Waals surface area contributed by atoms with Crippen molar-refractivity contribution in [1.82, 2.24) is 0 Å². The average molecular weight is 751 g/mol. The van der Waals surface area contributed by atoms with Gasteiger partial charge in [-0.15, -0.1) is 23.1 Å². The second-order valence-corrected chi connectivity index (χ2v) is 17.0. The number of benzene rings is 9. The van der Waals surface area contributed by atoms with Gasteiger partial charge in [0.05, 0.1) is 27.4 Å². The van der Waals surface area contributed by atoms with Crippen LogP contribution in [0.25, 0.3) is 52.5 Å². The molecule has 0 fully saturated rings. The Hall–Kier alpha value is -6.33. The molecule has 0 bridgehead atoms. The highest BCUT2D eigenvalue weighted by molar-refractivity contribution is 8.00. The second kappa shape index (κ2) is 12.6. The molecule has 1 aromatic heterocycles. The van der Waals surface area contributed by atoms with Gasteiger partial charge in [-0.05, 0) is 81.7 Å². The molecule has 0 radical (unpaired) electrons. The van der Waals surface area contributed by atoms with E-state index in [-0.39, 0.29) is 0 Å². The highest BCUT2D eigenvalue weighted by atomic mass is 32.2. The smallest absolute Gasteiger partial charge is 0.0640 e. The second-order valence-electron chi connectivity index (χ2n) is 14.8. The Morgan fingerprint density at radius 1 is 0.411 bits per heavy atom. The van der Waals surface area contributed by atoms with Crippen LogP contribution in [0, 0.1) is 0 Å². The van der Waals surface area contributed by atoms with Crippen molar-refractivity contribution in [1.29, 1.82) is 0 Å². The van der Waals surface area contributed by atoms with Gasteiger partial charge < -0.3 is 9.80 Å². The SMILES string of the molecule is C1=CC2Sc3c(cccc3N(c3ccccc3)c3ccc4ccc5c(N(c6ccccc6)c6cccc7c6sc6ccccc67)ccc6ccc3c4c65)C2C=C1. The molecule has 12 rings (SSSR count). The van der Waals surface area contributed by atoms with Gasteiger partial charge in [0.2, 0.25) is 0 Å². The molecule has 2 aliphatic rings. The zero-order valence-corrected chi connectivity index (χ0v) is 32.0. The first kappa shape index (κ1) is 32.0. The molecule has 0 saturated heterocycles. The summed E-state index contributed by atoms with van der Waals surface area (Å²) in [6, 6.07) is 62.9. The Kier molecular flexibility index (Phi) is 7.20. The van der Waals surface area contributed by atoms with Crippen LogP contribution in [-0.2, 0) is 0 Å². The number of hydrogen-bond acceptors (Lipinski definition) is 4. The van der Waals surface area contributed by atoms with E-state index in [1.807, 2.05) is 23.1 Å². The van der Waals surface area contributed by atoms with Crippen LogP contribution in [0.5, 0.6) is 0 Å². The van der Waals surface area contributed by atoms with Gasteiger partial charge in [-0.1, -0.05) is 140 Å². The summed E-state index contributed by atoms with van der Waals surface area (Å²) in [5, 5.41) is 10.6. The van der Waals surface area contributed by atoms with E-state index in [0.717, 1.165) is 11.4 Å². The van der Waals surface area contributed by atoms with E-state index in [1.165, 1.54) is 85.7 Å². The van der Waals surface area contributed by atoms with E-state index >= 15 is 0 Å². The van der Waals surface area contributed by atoms with Crippen molar-refractivity contribution in [2.75, 3.05) is 9.80 Å². The maximum absolute atomic E-state index is 2.50. The number of hydrogen-bond donors (Lipinski definition) is 0. The van der Waals surface area contributed by atoms with Crippen LogP contribution in [0.1, 0.15) is 11.5 Å². The summed E-state index contributed by atoms with van der Waals surface area (Å²) >= 11 is 3.88. The molecule has 56 heavy (non-hydrogen) atoms. The fraction of sp³-hybridized carbons (Fsp3) is 0.0385. The summed E-state index contributed by atoms with van der Waals surface area (Å²) < 4.78 is 2.60. The molecule has 2 heterocycles. The lowest BCUT2D eigenvalue weighted by atomic mass is 9.91. The first-order valence-corrected chi connectivity index (χ1v) is 21.0. The fourth-order valence-electron chi connectivity index (χ4n) is 9.26. The topological polar surface area (TPSA) is 6.48 Å². The van der Waals surface area contributed by atoms with Crippen LogP contribution >= 0.6 is 23.1 Å². The van der Waals surface area contributed by atoms with Crippen molar-refractivity contribution < 1.29 is 0 Å². The van der Waals surface area contributed by atoms with E-state index in [9.17, 15) is 0 Å². The largest absolute Gasteiger partial charge is 0.309 e. The van der Waals surface area contributed by atoms with Crippen molar-refractivity contribution in [2.45, 2.75) is 16.1 Å². The lowest BCUT2D eigenvalue weighted by Gasteiger charge is -2.30. The molecule has 9 aromatic carbocycles. The predicted octanol–water partition coefficient (Wildman–Crippen LogP) is 15.6. The molecule has 0 N–H and O–H groups in total. The van der Waals surface area contributed by atoms with Gasteiger partial charge in [-0.25, -0.2) is 0 Å². The number of thioether (sulfide) groups is 1. The zero-order valence-electron chi connectivity index (χ0n) is 30.3.